The third kappa shape index (κ3) is 4.78. The molecule has 1 heterocycles. The molecule has 1 saturated carbocycles. The topological polar surface area (TPSA) is 28.2 Å². The van der Waals surface area contributed by atoms with Gasteiger partial charge in [-0.1, -0.05) is 25.8 Å². The van der Waals surface area contributed by atoms with E-state index in [0.29, 0.717) is 6.04 Å². The summed E-state index contributed by atoms with van der Waals surface area (Å²) in [6.45, 7) is 8.81. The maximum atomic E-state index is 4.66. The lowest BCUT2D eigenvalue weighted by molar-refractivity contribution is 0.619. The lowest BCUT2D eigenvalue weighted by atomic mass is 10.2. The Balaban J connectivity index is 1.89. The van der Waals surface area contributed by atoms with Gasteiger partial charge in [0, 0.05) is 31.4 Å². The first kappa shape index (κ1) is 15.3. The molecule has 2 rings (SSSR count). The van der Waals surface area contributed by atoms with Crippen molar-refractivity contribution in [2.45, 2.75) is 71.5 Å². The summed E-state index contributed by atoms with van der Waals surface area (Å²) in [7, 11) is 0. The second-order valence-corrected chi connectivity index (χ2v) is 6.17. The van der Waals surface area contributed by atoms with E-state index in [0.717, 1.165) is 24.9 Å². The van der Waals surface area contributed by atoms with Gasteiger partial charge in [-0.25, -0.2) is 4.98 Å². The Bertz CT molecular complexity index is 382. The van der Waals surface area contributed by atoms with Gasteiger partial charge in [-0.2, -0.15) is 0 Å². The minimum absolute atomic E-state index is 0.509. The molecule has 1 N–H and O–H groups in total. The van der Waals surface area contributed by atoms with Gasteiger partial charge in [0.15, 0.2) is 0 Å². The molecule has 1 fully saturated rings. The summed E-state index contributed by atoms with van der Waals surface area (Å²) >= 11 is 0. The number of anilines is 1. The zero-order chi connectivity index (χ0) is 14.4. The highest BCUT2D eigenvalue weighted by Crippen LogP contribution is 2.20. The normalized spacial score (nSPS) is 14.8. The predicted molar refractivity (Wildman–Crippen MR) is 86.1 cm³/mol. The molecule has 0 atom stereocenters. The van der Waals surface area contributed by atoms with Crippen LogP contribution in [-0.4, -0.2) is 23.6 Å². The first-order chi connectivity index (χ1) is 9.70. The smallest absolute Gasteiger partial charge is 0.128 e. The summed E-state index contributed by atoms with van der Waals surface area (Å²) < 4.78 is 0. The quantitative estimate of drug-likeness (QED) is 0.696. The predicted octanol–water partition coefficient (Wildman–Crippen LogP) is 3.74. The van der Waals surface area contributed by atoms with Crippen LogP contribution in [0.4, 0.5) is 5.82 Å². The average molecular weight is 275 g/mol. The van der Waals surface area contributed by atoms with E-state index in [9.17, 15) is 0 Å². The Morgan fingerprint density at radius 3 is 2.65 bits per heavy atom. The number of unbranched alkanes of at least 4 members (excludes halogenated alkanes) is 2. The third-order valence-corrected chi connectivity index (χ3v) is 3.90. The van der Waals surface area contributed by atoms with E-state index < -0.39 is 0 Å². The van der Waals surface area contributed by atoms with Crippen LogP contribution in [0.5, 0.6) is 0 Å². The Morgan fingerprint density at radius 1 is 1.30 bits per heavy atom. The van der Waals surface area contributed by atoms with Gasteiger partial charge in [-0.15, -0.1) is 0 Å². The van der Waals surface area contributed by atoms with Crippen molar-refractivity contribution in [3.63, 3.8) is 0 Å². The van der Waals surface area contributed by atoms with Gasteiger partial charge in [0.05, 0.1) is 0 Å². The number of pyridine rings is 1. The zero-order valence-electron chi connectivity index (χ0n) is 13.2. The number of hydrogen-bond donors (Lipinski definition) is 1. The van der Waals surface area contributed by atoms with Crippen molar-refractivity contribution in [3.05, 3.63) is 23.9 Å². The largest absolute Gasteiger partial charge is 0.354 e. The van der Waals surface area contributed by atoms with Crippen molar-refractivity contribution in [1.82, 2.24) is 10.3 Å². The van der Waals surface area contributed by atoms with E-state index in [1.54, 1.807) is 0 Å². The molecule has 0 unspecified atom stereocenters. The molecule has 0 radical (unpaired) electrons. The zero-order valence-corrected chi connectivity index (χ0v) is 13.2. The van der Waals surface area contributed by atoms with Crippen molar-refractivity contribution in [3.8, 4) is 0 Å². The molecule has 0 amide bonds. The Labute approximate surface area is 123 Å². The summed E-state index contributed by atoms with van der Waals surface area (Å²) in [5, 5.41) is 3.53. The molecule has 3 heteroatoms. The fourth-order valence-corrected chi connectivity index (χ4v) is 2.41. The van der Waals surface area contributed by atoms with Gasteiger partial charge in [-0.05, 0) is 44.7 Å². The third-order valence-electron chi connectivity index (χ3n) is 3.90. The monoisotopic (exact) mass is 275 g/mol. The van der Waals surface area contributed by atoms with E-state index in [-0.39, 0.29) is 0 Å². The maximum absolute atomic E-state index is 4.66. The van der Waals surface area contributed by atoms with Gasteiger partial charge in [0.1, 0.15) is 5.82 Å². The molecule has 1 aliphatic rings. The van der Waals surface area contributed by atoms with Crippen LogP contribution in [0.25, 0.3) is 0 Å². The van der Waals surface area contributed by atoms with E-state index >= 15 is 0 Å². The van der Waals surface area contributed by atoms with Crippen LogP contribution in [0.1, 0.15) is 58.4 Å². The van der Waals surface area contributed by atoms with Crippen LogP contribution in [0.15, 0.2) is 18.3 Å². The van der Waals surface area contributed by atoms with Gasteiger partial charge >= 0.3 is 0 Å². The van der Waals surface area contributed by atoms with Crippen LogP contribution in [0.3, 0.4) is 0 Å². The first-order valence-electron chi connectivity index (χ1n) is 8.15. The summed E-state index contributed by atoms with van der Waals surface area (Å²) in [5.41, 5.74) is 1.29. The average Bonchev–Trinajstić information content (AvgIpc) is 3.26. The second kappa shape index (κ2) is 7.63. The van der Waals surface area contributed by atoms with Crippen molar-refractivity contribution < 1.29 is 0 Å². The number of hydrogen-bond acceptors (Lipinski definition) is 3. The summed E-state index contributed by atoms with van der Waals surface area (Å²) in [6.07, 6.45) is 8.52. The van der Waals surface area contributed by atoms with Crippen molar-refractivity contribution in [2.75, 3.05) is 11.4 Å². The van der Waals surface area contributed by atoms with Gasteiger partial charge < -0.3 is 10.2 Å². The molecule has 0 spiro atoms. The highest BCUT2D eigenvalue weighted by molar-refractivity contribution is 5.40. The van der Waals surface area contributed by atoms with Crippen LogP contribution in [-0.2, 0) is 6.54 Å². The molecular formula is C17H29N3. The SMILES string of the molecule is CCCCCN(c1ccc(CNC2CC2)cn1)C(C)C. The van der Waals surface area contributed by atoms with E-state index in [4.69, 9.17) is 0 Å². The molecule has 0 aliphatic heterocycles. The summed E-state index contributed by atoms with van der Waals surface area (Å²) in [4.78, 5) is 7.07. The molecule has 1 aliphatic carbocycles. The molecule has 3 nitrogen and oxygen atoms in total. The van der Waals surface area contributed by atoms with Crippen LogP contribution < -0.4 is 10.2 Å². The molecule has 0 bridgehead atoms. The lowest BCUT2D eigenvalue weighted by Crippen LogP contribution is -2.32. The van der Waals surface area contributed by atoms with Gasteiger partial charge in [0.2, 0.25) is 0 Å². The van der Waals surface area contributed by atoms with E-state index in [1.807, 2.05) is 6.20 Å². The second-order valence-electron chi connectivity index (χ2n) is 6.17. The highest BCUT2D eigenvalue weighted by atomic mass is 15.2. The van der Waals surface area contributed by atoms with Crippen LogP contribution in [0, 0.1) is 0 Å². The summed E-state index contributed by atoms with van der Waals surface area (Å²) in [6, 6.07) is 5.66. The fourth-order valence-electron chi connectivity index (χ4n) is 2.41. The van der Waals surface area contributed by atoms with Crippen molar-refractivity contribution in [2.24, 2.45) is 0 Å². The standard InChI is InChI=1S/C17H29N3/c1-4-5-6-11-20(14(2)3)17-10-7-15(13-19-17)12-18-16-8-9-16/h7,10,13-14,16,18H,4-6,8-9,11-12H2,1-3H3. The Morgan fingerprint density at radius 2 is 2.10 bits per heavy atom. The minimum atomic E-state index is 0.509. The molecule has 0 saturated heterocycles. The van der Waals surface area contributed by atoms with E-state index in [2.05, 4.69) is 48.1 Å². The maximum Gasteiger partial charge on any atom is 0.128 e. The number of nitrogens with one attached hydrogen (secondary N) is 1. The fraction of sp³-hybridized carbons (Fsp3) is 0.706. The number of aromatic nitrogens is 1. The molecular weight excluding hydrogens is 246 g/mol. The number of rotatable bonds is 9. The van der Waals surface area contributed by atoms with Crippen molar-refractivity contribution in [1.29, 1.82) is 0 Å². The lowest BCUT2D eigenvalue weighted by Gasteiger charge is -2.28. The van der Waals surface area contributed by atoms with E-state index in [1.165, 1.54) is 37.7 Å². The van der Waals surface area contributed by atoms with Gasteiger partial charge in [-0.3, -0.25) is 0 Å². The Kier molecular flexibility index (Phi) is 5.84. The molecule has 1 aromatic rings. The Hall–Kier alpha value is -1.09. The minimum Gasteiger partial charge on any atom is -0.354 e. The summed E-state index contributed by atoms with van der Waals surface area (Å²) in [5.74, 6) is 1.12. The highest BCUT2D eigenvalue weighted by Gasteiger charge is 2.20. The van der Waals surface area contributed by atoms with Crippen molar-refractivity contribution >= 4 is 5.82 Å². The van der Waals surface area contributed by atoms with Crippen LogP contribution >= 0.6 is 0 Å². The molecule has 20 heavy (non-hydrogen) atoms. The molecule has 0 aromatic carbocycles. The van der Waals surface area contributed by atoms with Gasteiger partial charge in [0.25, 0.3) is 0 Å². The van der Waals surface area contributed by atoms with Crippen LogP contribution in [0.2, 0.25) is 0 Å². The molecule has 1 aromatic heterocycles. The first-order valence-corrected chi connectivity index (χ1v) is 8.15. The molecule has 112 valence electrons. The number of nitrogens with zero attached hydrogens (tertiary/aromatic N) is 2.